The van der Waals surface area contributed by atoms with Gasteiger partial charge in [-0.2, -0.15) is 0 Å². The number of carboxylic acids is 6. The minimum Gasteiger partial charge on any atom is -0.478 e. The molecular formula is C12H6Ag6O12. The summed E-state index contributed by atoms with van der Waals surface area (Å²) in [5.41, 5.74) is -9.95. The first-order valence-corrected chi connectivity index (χ1v) is 5.57. The molecule has 1 aromatic carbocycles. The van der Waals surface area contributed by atoms with Gasteiger partial charge in [-0.1, -0.05) is 0 Å². The molecule has 0 amide bonds. The molecule has 30 heavy (non-hydrogen) atoms. The van der Waals surface area contributed by atoms with E-state index in [9.17, 15) is 28.8 Å². The van der Waals surface area contributed by atoms with Crippen LogP contribution in [0.25, 0.3) is 0 Å². The van der Waals surface area contributed by atoms with E-state index in [1.165, 1.54) is 0 Å². The maximum Gasteiger partial charge on any atom is 0.337 e. The van der Waals surface area contributed by atoms with Crippen molar-refractivity contribution < 1.29 is 194 Å². The second-order valence-corrected chi connectivity index (χ2v) is 4.08. The van der Waals surface area contributed by atoms with Gasteiger partial charge in [0, 0.05) is 134 Å². The van der Waals surface area contributed by atoms with Gasteiger partial charge >= 0.3 is 35.8 Å². The zero-order chi connectivity index (χ0) is 18.9. The molecule has 12 nitrogen and oxygen atoms in total. The normalized spacial score (nSPS) is 8.00. The Balaban J connectivity index is -0.000000240. The molecule has 0 unspecified atom stereocenters. The third-order valence-electron chi connectivity index (χ3n) is 2.78. The zero-order valence-electron chi connectivity index (χ0n) is 12.9. The van der Waals surface area contributed by atoms with Crippen LogP contribution in [-0.2, 0) is 134 Å². The number of hydrogen-bond donors (Lipinski definition) is 6. The largest absolute Gasteiger partial charge is 0.478 e. The van der Waals surface area contributed by atoms with Crippen molar-refractivity contribution >= 4 is 35.8 Å². The molecule has 0 saturated heterocycles. The number of benzene rings is 1. The fraction of sp³-hybridized carbons (Fsp3) is 0. The van der Waals surface area contributed by atoms with Gasteiger partial charge in [-0.3, -0.25) is 0 Å². The molecule has 6 N–H and O–H groups in total. The van der Waals surface area contributed by atoms with Crippen LogP contribution in [0.4, 0.5) is 0 Å². The SMILES string of the molecule is O=C(O)c1c(C(=O)O)c(C(=O)O)c(C(=O)O)c(C(=O)O)c1C(=O)O.[Ag].[Ag].[Ag].[Ag].[Ag].[Ag]. The average Bonchev–Trinajstić information content (AvgIpc) is 2.42. The van der Waals surface area contributed by atoms with Crippen molar-refractivity contribution in [3.63, 3.8) is 0 Å². The minimum absolute atomic E-state index is 0. The molecule has 0 spiro atoms. The van der Waals surface area contributed by atoms with E-state index < -0.39 is 69.2 Å². The molecule has 1 aromatic rings. The summed E-state index contributed by atoms with van der Waals surface area (Å²) in [4.78, 5) is 67.3. The second kappa shape index (κ2) is 18.0. The standard InChI is InChI=1S/C12H6O12.6Ag/c13-7(14)1-2(8(15)16)4(10(19)20)6(12(23)24)5(11(21)22)3(1)9(17)18;;;;;;/h(H,13,14)(H,15,16)(H,17,18)(H,19,20)(H,21,22)(H,23,24);;;;;;. The second-order valence-electron chi connectivity index (χ2n) is 4.08. The van der Waals surface area contributed by atoms with Gasteiger partial charge in [0.25, 0.3) is 0 Å². The third kappa shape index (κ3) is 9.15. The number of hydrogen-bond acceptors (Lipinski definition) is 6. The number of carbonyl (C=O) groups is 6. The molecule has 0 fully saturated rings. The van der Waals surface area contributed by atoms with Gasteiger partial charge in [-0.05, 0) is 0 Å². The Bertz CT molecular complexity index is 655. The van der Waals surface area contributed by atoms with E-state index in [1.54, 1.807) is 0 Å². The predicted molar refractivity (Wildman–Crippen MR) is 68.2 cm³/mol. The van der Waals surface area contributed by atoms with E-state index in [-0.39, 0.29) is 134 Å². The van der Waals surface area contributed by atoms with Crippen LogP contribution in [0, 0.1) is 0 Å². The molecule has 1 rings (SSSR count). The van der Waals surface area contributed by atoms with Crippen molar-refractivity contribution in [1.29, 1.82) is 0 Å². The first-order valence-electron chi connectivity index (χ1n) is 5.57. The fourth-order valence-corrected chi connectivity index (χ4v) is 2.03. The molecule has 0 aliphatic heterocycles. The molecule has 0 bridgehead atoms. The molecule has 192 valence electrons. The maximum absolute atomic E-state index is 11.2. The fourth-order valence-electron chi connectivity index (χ4n) is 2.03. The van der Waals surface area contributed by atoms with Crippen LogP contribution in [0.2, 0.25) is 0 Å². The van der Waals surface area contributed by atoms with Gasteiger partial charge in [0.1, 0.15) is 0 Å². The van der Waals surface area contributed by atoms with Gasteiger partial charge in [-0.15, -0.1) is 0 Å². The Morgan fingerprint density at radius 3 is 0.400 bits per heavy atom. The molecule has 6 radical (unpaired) electrons. The summed E-state index contributed by atoms with van der Waals surface area (Å²) in [6.07, 6.45) is 0. The Hall–Kier alpha value is 0.482. The van der Waals surface area contributed by atoms with Crippen LogP contribution < -0.4 is 0 Å². The molecule has 0 aliphatic carbocycles. The average molecular weight is 989 g/mol. The molecule has 0 heterocycles. The van der Waals surface area contributed by atoms with E-state index in [4.69, 9.17) is 30.6 Å². The number of carboxylic acid groups (broad SMARTS) is 6. The smallest absolute Gasteiger partial charge is 0.337 e. The zero-order valence-corrected chi connectivity index (χ0v) is 21.8. The molecule has 0 saturated carbocycles. The summed E-state index contributed by atoms with van der Waals surface area (Å²) in [5.74, 6) is -13.5. The van der Waals surface area contributed by atoms with Gasteiger partial charge in [0.15, 0.2) is 0 Å². The van der Waals surface area contributed by atoms with Crippen LogP contribution in [0.15, 0.2) is 0 Å². The van der Waals surface area contributed by atoms with Crippen molar-refractivity contribution in [2.75, 3.05) is 0 Å². The third-order valence-corrected chi connectivity index (χ3v) is 2.78. The molecular weight excluding hydrogens is 983 g/mol. The van der Waals surface area contributed by atoms with Gasteiger partial charge in [0.05, 0.1) is 33.4 Å². The van der Waals surface area contributed by atoms with E-state index >= 15 is 0 Å². The van der Waals surface area contributed by atoms with E-state index in [0.717, 1.165) is 0 Å². The first-order chi connectivity index (χ1) is 10.9. The van der Waals surface area contributed by atoms with Crippen LogP contribution in [-0.4, -0.2) is 66.5 Å². The molecule has 18 heteroatoms. The maximum atomic E-state index is 11.2. The molecule has 0 aromatic heterocycles. The summed E-state index contributed by atoms with van der Waals surface area (Å²) in [5, 5.41) is 54.2. The van der Waals surface area contributed by atoms with E-state index in [2.05, 4.69) is 0 Å². The first kappa shape index (κ1) is 44.2. The Morgan fingerprint density at radius 1 is 0.300 bits per heavy atom. The summed E-state index contributed by atoms with van der Waals surface area (Å²) in [6.45, 7) is 0. The number of aromatic carboxylic acids is 6. The van der Waals surface area contributed by atoms with Crippen LogP contribution in [0.5, 0.6) is 0 Å². The van der Waals surface area contributed by atoms with Gasteiger partial charge < -0.3 is 30.6 Å². The van der Waals surface area contributed by atoms with E-state index in [1.807, 2.05) is 0 Å². The van der Waals surface area contributed by atoms with Crippen molar-refractivity contribution in [2.45, 2.75) is 0 Å². The van der Waals surface area contributed by atoms with E-state index in [0.29, 0.717) is 0 Å². The topological polar surface area (TPSA) is 224 Å². The Kier molecular flexibility index (Phi) is 26.5. The van der Waals surface area contributed by atoms with Gasteiger partial charge in [-0.25, -0.2) is 28.8 Å². The summed E-state index contributed by atoms with van der Waals surface area (Å²) in [7, 11) is 0. The Morgan fingerprint density at radius 2 is 0.367 bits per heavy atom. The summed E-state index contributed by atoms with van der Waals surface area (Å²) >= 11 is 0. The Labute approximate surface area is 259 Å². The monoisotopic (exact) mass is 983 g/mol. The van der Waals surface area contributed by atoms with Gasteiger partial charge in [0.2, 0.25) is 0 Å². The van der Waals surface area contributed by atoms with Crippen molar-refractivity contribution in [2.24, 2.45) is 0 Å². The van der Waals surface area contributed by atoms with Crippen molar-refractivity contribution in [3.05, 3.63) is 33.4 Å². The minimum atomic E-state index is -2.26. The summed E-state index contributed by atoms with van der Waals surface area (Å²) < 4.78 is 0. The number of rotatable bonds is 6. The quantitative estimate of drug-likeness (QED) is 0.205. The van der Waals surface area contributed by atoms with Crippen molar-refractivity contribution in [1.82, 2.24) is 0 Å². The summed E-state index contributed by atoms with van der Waals surface area (Å²) in [6, 6.07) is 0. The van der Waals surface area contributed by atoms with Crippen LogP contribution in [0.1, 0.15) is 62.1 Å². The van der Waals surface area contributed by atoms with Crippen molar-refractivity contribution in [3.8, 4) is 0 Å². The molecule has 0 aliphatic rings. The van der Waals surface area contributed by atoms with Crippen LogP contribution >= 0.6 is 0 Å². The van der Waals surface area contributed by atoms with Crippen LogP contribution in [0.3, 0.4) is 0 Å². The molecule has 0 atom stereocenters. The predicted octanol–water partition coefficient (Wildman–Crippen LogP) is -0.139.